The molecule has 0 aliphatic carbocycles. The second kappa shape index (κ2) is 8.36. The molecule has 5 nitrogen and oxygen atoms in total. The quantitative estimate of drug-likeness (QED) is 0.673. The standard InChI is InChI=1S/C20H18ClN3O2/c1-26-19-12-15(4-8-18(19)24-11-10-22-14-24)5-9-20(25)23-13-16-2-6-17(21)7-3-16/h2-12,14H,13H2,1H3,(H,23,25). The molecule has 0 atom stereocenters. The van der Waals surface area contributed by atoms with Gasteiger partial charge in [0.05, 0.1) is 19.1 Å². The van der Waals surface area contributed by atoms with Crippen LogP contribution in [0.1, 0.15) is 11.1 Å². The Morgan fingerprint density at radius 2 is 2.08 bits per heavy atom. The third-order valence-electron chi connectivity index (χ3n) is 3.79. The monoisotopic (exact) mass is 367 g/mol. The lowest BCUT2D eigenvalue weighted by Crippen LogP contribution is -2.20. The van der Waals surface area contributed by atoms with Crippen molar-refractivity contribution in [2.24, 2.45) is 0 Å². The molecule has 1 heterocycles. The Hall–Kier alpha value is -3.05. The molecular formula is C20H18ClN3O2. The maximum atomic E-state index is 12.0. The minimum absolute atomic E-state index is 0.169. The molecule has 0 aliphatic rings. The summed E-state index contributed by atoms with van der Waals surface area (Å²) in [6, 6.07) is 13.1. The number of carbonyl (C=O) groups excluding carboxylic acids is 1. The number of hydrogen-bond donors (Lipinski definition) is 1. The lowest BCUT2D eigenvalue weighted by molar-refractivity contribution is -0.116. The SMILES string of the molecule is COc1cc(C=CC(=O)NCc2ccc(Cl)cc2)ccc1-n1ccnc1. The highest BCUT2D eigenvalue weighted by Gasteiger charge is 2.05. The highest BCUT2D eigenvalue weighted by Crippen LogP contribution is 2.24. The van der Waals surface area contributed by atoms with E-state index in [1.165, 1.54) is 6.08 Å². The number of aromatic nitrogens is 2. The third kappa shape index (κ3) is 4.52. The van der Waals surface area contributed by atoms with E-state index in [9.17, 15) is 4.79 Å². The van der Waals surface area contributed by atoms with E-state index in [2.05, 4.69) is 10.3 Å². The molecule has 1 aromatic heterocycles. The third-order valence-corrected chi connectivity index (χ3v) is 4.05. The van der Waals surface area contributed by atoms with Gasteiger partial charge in [-0.3, -0.25) is 4.79 Å². The molecule has 0 fully saturated rings. The molecule has 0 aliphatic heterocycles. The van der Waals surface area contributed by atoms with Crippen molar-refractivity contribution in [1.82, 2.24) is 14.9 Å². The normalized spacial score (nSPS) is 10.8. The van der Waals surface area contributed by atoms with Crippen LogP contribution in [0.4, 0.5) is 0 Å². The Kier molecular flexibility index (Phi) is 5.71. The molecule has 2 aromatic carbocycles. The summed E-state index contributed by atoms with van der Waals surface area (Å²) in [6.07, 6.45) is 8.51. The van der Waals surface area contributed by atoms with Crippen LogP contribution >= 0.6 is 11.6 Å². The van der Waals surface area contributed by atoms with Gasteiger partial charge in [-0.15, -0.1) is 0 Å². The van der Waals surface area contributed by atoms with Gasteiger partial charge in [-0.05, 0) is 41.5 Å². The molecule has 0 spiro atoms. The topological polar surface area (TPSA) is 56.1 Å². The summed E-state index contributed by atoms with van der Waals surface area (Å²) in [6.45, 7) is 0.448. The van der Waals surface area contributed by atoms with E-state index in [1.54, 1.807) is 37.8 Å². The number of rotatable bonds is 6. The number of nitrogens with zero attached hydrogens (tertiary/aromatic N) is 2. The lowest BCUT2D eigenvalue weighted by Gasteiger charge is -2.09. The Labute approximate surface area is 156 Å². The van der Waals surface area contributed by atoms with Gasteiger partial charge in [0.25, 0.3) is 0 Å². The van der Waals surface area contributed by atoms with Gasteiger partial charge in [0.1, 0.15) is 5.75 Å². The van der Waals surface area contributed by atoms with Gasteiger partial charge in [0, 0.05) is 30.0 Å². The van der Waals surface area contributed by atoms with E-state index >= 15 is 0 Å². The zero-order valence-electron chi connectivity index (χ0n) is 14.2. The Morgan fingerprint density at radius 3 is 2.77 bits per heavy atom. The van der Waals surface area contributed by atoms with E-state index in [0.29, 0.717) is 17.3 Å². The first-order chi connectivity index (χ1) is 12.7. The fraction of sp³-hybridized carbons (Fsp3) is 0.100. The largest absolute Gasteiger partial charge is 0.495 e. The molecule has 6 heteroatoms. The zero-order valence-corrected chi connectivity index (χ0v) is 15.0. The predicted octanol–water partition coefficient (Wildman–Crippen LogP) is 3.86. The summed E-state index contributed by atoms with van der Waals surface area (Å²) < 4.78 is 7.30. The zero-order chi connectivity index (χ0) is 18.4. The highest BCUT2D eigenvalue weighted by atomic mass is 35.5. The summed E-state index contributed by atoms with van der Waals surface area (Å²) in [5.41, 5.74) is 2.74. The van der Waals surface area contributed by atoms with Crippen molar-refractivity contribution in [1.29, 1.82) is 0 Å². The summed E-state index contributed by atoms with van der Waals surface area (Å²) >= 11 is 5.85. The molecule has 0 bridgehead atoms. The van der Waals surface area contributed by atoms with E-state index in [4.69, 9.17) is 16.3 Å². The smallest absolute Gasteiger partial charge is 0.244 e. The number of amides is 1. The number of imidazole rings is 1. The number of halogens is 1. The van der Waals surface area contributed by atoms with Gasteiger partial charge < -0.3 is 14.6 Å². The molecule has 3 rings (SSSR count). The molecule has 26 heavy (non-hydrogen) atoms. The molecule has 1 amide bonds. The van der Waals surface area contributed by atoms with Crippen molar-refractivity contribution in [3.05, 3.63) is 83.4 Å². The summed E-state index contributed by atoms with van der Waals surface area (Å²) in [7, 11) is 1.61. The lowest BCUT2D eigenvalue weighted by atomic mass is 10.1. The van der Waals surface area contributed by atoms with Crippen LogP contribution in [0.25, 0.3) is 11.8 Å². The molecule has 0 saturated carbocycles. The Balaban J connectivity index is 1.64. The van der Waals surface area contributed by atoms with E-state index in [0.717, 1.165) is 16.8 Å². The number of nitrogens with one attached hydrogen (secondary N) is 1. The highest BCUT2D eigenvalue weighted by molar-refractivity contribution is 6.30. The van der Waals surface area contributed by atoms with Crippen LogP contribution < -0.4 is 10.1 Å². The Morgan fingerprint density at radius 1 is 1.27 bits per heavy atom. The molecule has 0 saturated heterocycles. The second-order valence-corrected chi connectivity index (χ2v) is 6.02. The summed E-state index contributed by atoms with van der Waals surface area (Å²) in [4.78, 5) is 16.0. The second-order valence-electron chi connectivity index (χ2n) is 5.58. The van der Waals surface area contributed by atoms with Gasteiger partial charge in [0.2, 0.25) is 5.91 Å². The van der Waals surface area contributed by atoms with Crippen molar-refractivity contribution in [3.8, 4) is 11.4 Å². The molecule has 1 N–H and O–H groups in total. The van der Waals surface area contributed by atoms with Crippen LogP contribution in [0.15, 0.2) is 67.3 Å². The first-order valence-corrected chi connectivity index (χ1v) is 8.40. The van der Waals surface area contributed by atoms with Gasteiger partial charge >= 0.3 is 0 Å². The van der Waals surface area contributed by atoms with Crippen molar-refractivity contribution in [3.63, 3.8) is 0 Å². The summed E-state index contributed by atoms with van der Waals surface area (Å²) in [5.74, 6) is 0.532. The predicted molar refractivity (Wildman–Crippen MR) is 102 cm³/mol. The first-order valence-electron chi connectivity index (χ1n) is 8.02. The molecule has 3 aromatic rings. The van der Waals surface area contributed by atoms with Gasteiger partial charge in [-0.1, -0.05) is 29.8 Å². The maximum absolute atomic E-state index is 12.0. The van der Waals surface area contributed by atoms with Gasteiger partial charge in [-0.2, -0.15) is 0 Å². The van der Waals surface area contributed by atoms with Crippen LogP contribution in [0.2, 0.25) is 5.02 Å². The molecular weight excluding hydrogens is 350 g/mol. The van der Waals surface area contributed by atoms with E-state index in [1.807, 2.05) is 41.1 Å². The average molecular weight is 368 g/mol. The summed E-state index contributed by atoms with van der Waals surface area (Å²) in [5, 5.41) is 3.51. The minimum Gasteiger partial charge on any atom is -0.495 e. The van der Waals surface area contributed by atoms with E-state index < -0.39 is 0 Å². The number of methoxy groups -OCH3 is 1. The molecule has 0 unspecified atom stereocenters. The van der Waals surface area contributed by atoms with Crippen molar-refractivity contribution in [2.45, 2.75) is 6.54 Å². The van der Waals surface area contributed by atoms with Crippen LogP contribution in [-0.4, -0.2) is 22.6 Å². The van der Waals surface area contributed by atoms with Crippen LogP contribution in [0.5, 0.6) is 5.75 Å². The number of hydrogen-bond acceptors (Lipinski definition) is 3. The van der Waals surface area contributed by atoms with E-state index in [-0.39, 0.29) is 5.91 Å². The fourth-order valence-corrected chi connectivity index (χ4v) is 2.56. The Bertz CT molecular complexity index is 903. The van der Waals surface area contributed by atoms with Crippen molar-refractivity contribution >= 4 is 23.6 Å². The average Bonchev–Trinajstić information content (AvgIpc) is 3.20. The fourth-order valence-electron chi connectivity index (χ4n) is 2.44. The van der Waals surface area contributed by atoms with Crippen LogP contribution in [-0.2, 0) is 11.3 Å². The first kappa shape index (κ1) is 17.8. The number of carbonyl (C=O) groups is 1. The van der Waals surface area contributed by atoms with Crippen LogP contribution in [0.3, 0.4) is 0 Å². The van der Waals surface area contributed by atoms with Crippen molar-refractivity contribution in [2.75, 3.05) is 7.11 Å². The van der Waals surface area contributed by atoms with Gasteiger partial charge in [-0.25, -0.2) is 4.98 Å². The maximum Gasteiger partial charge on any atom is 0.244 e. The number of benzene rings is 2. The minimum atomic E-state index is -0.169. The molecule has 0 radical (unpaired) electrons. The van der Waals surface area contributed by atoms with Crippen LogP contribution in [0, 0.1) is 0 Å². The van der Waals surface area contributed by atoms with Crippen molar-refractivity contribution < 1.29 is 9.53 Å². The van der Waals surface area contributed by atoms with Gasteiger partial charge in [0.15, 0.2) is 0 Å². The number of ether oxygens (including phenoxy) is 1. The molecule has 132 valence electrons.